The van der Waals surface area contributed by atoms with E-state index in [1.165, 1.54) is 27.5 Å². The van der Waals surface area contributed by atoms with Crippen LogP contribution in [-0.2, 0) is 0 Å². The van der Waals surface area contributed by atoms with Crippen LogP contribution < -0.4 is 0 Å². The van der Waals surface area contributed by atoms with Crippen molar-refractivity contribution in [2.24, 2.45) is 0 Å². The third kappa shape index (κ3) is 2.52. The fourth-order valence-corrected chi connectivity index (χ4v) is 4.24. The monoisotopic (exact) mass is 385 g/mol. The van der Waals surface area contributed by atoms with Crippen LogP contribution in [0.4, 0.5) is 0 Å². The molecule has 0 fully saturated rings. The number of pyridine rings is 1. The zero-order valence-electron chi connectivity index (χ0n) is 16.6. The molecule has 0 unspecified atom stereocenters. The summed E-state index contributed by atoms with van der Waals surface area (Å²) in [4.78, 5) is 0. The lowest BCUT2D eigenvalue weighted by atomic mass is 10.0. The molecule has 2 heterocycles. The van der Waals surface area contributed by atoms with Crippen molar-refractivity contribution < 1.29 is 0 Å². The number of para-hydroxylation sites is 1. The van der Waals surface area contributed by atoms with Gasteiger partial charge in [0.15, 0.2) is 11.5 Å². The van der Waals surface area contributed by atoms with Crippen LogP contribution in [-0.4, -0.2) is 14.6 Å². The van der Waals surface area contributed by atoms with Gasteiger partial charge in [0.1, 0.15) is 0 Å². The summed E-state index contributed by atoms with van der Waals surface area (Å²) in [7, 11) is 0. The highest BCUT2D eigenvalue weighted by Crippen LogP contribution is 2.32. The van der Waals surface area contributed by atoms with Crippen LogP contribution in [0.25, 0.3) is 49.8 Å². The summed E-state index contributed by atoms with van der Waals surface area (Å²) in [6.45, 7) is 2.11. The topological polar surface area (TPSA) is 30.2 Å². The minimum Gasteiger partial charge on any atom is -0.274 e. The second-order valence-electron chi connectivity index (χ2n) is 7.69. The Kier molecular flexibility index (Phi) is 3.68. The number of aromatic nitrogens is 3. The van der Waals surface area contributed by atoms with Crippen LogP contribution in [0.3, 0.4) is 0 Å². The maximum absolute atomic E-state index is 4.59. The van der Waals surface area contributed by atoms with E-state index in [0.717, 1.165) is 27.9 Å². The number of rotatable bonds is 2. The molecule has 0 N–H and O–H groups in total. The maximum atomic E-state index is 4.59. The first kappa shape index (κ1) is 16.9. The van der Waals surface area contributed by atoms with E-state index in [1.807, 2.05) is 0 Å². The van der Waals surface area contributed by atoms with Gasteiger partial charge in [-0.15, -0.1) is 10.2 Å². The van der Waals surface area contributed by atoms with Gasteiger partial charge in [-0.2, -0.15) is 0 Å². The van der Waals surface area contributed by atoms with Gasteiger partial charge < -0.3 is 0 Å². The lowest BCUT2D eigenvalue weighted by molar-refractivity contribution is 1.12. The highest BCUT2D eigenvalue weighted by Gasteiger charge is 2.15. The van der Waals surface area contributed by atoms with Gasteiger partial charge in [0, 0.05) is 16.3 Å². The molecule has 0 radical (unpaired) electrons. The normalized spacial score (nSPS) is 11.5. The van der Waals surface area contributed by atoms with Crippen LogP contribution in [0.2, 0.25) is 0 Å². The number of aryl methyl sites for hydroxylation is 1. The molecule has 0 spiro atoms. The Balaban J connectivity index is 1.58. The molecule has 30 heavy (non-hydrogen) atoms. The van der Waals surface area contributed by atoms with Gasteiger partial charge in [-0.05, 0) is 29.5 Å². The molecule has 3 nitrogen and oxygen atoms in total. The Morgan fingerprint density at radius 1 is 0.533 bits per heavy atom. The predicted octanol–water partition coefficient (Wildman–Crippen LogP) is 6.68. The molecule has 6 rings (SSSR count). The molecule has 4 aromatic carbocycles. The molecular weight excluding hydrogens is 366 g/mol. The van der Waals surface area contributed by atoms with Crippen molar-refractivity contribution >= 4 is 27.3 Å². The van der Waals surface area contributed by atoms with E-state index in [-0.39, 0.29) is 0 Å². The highest BCUT2D eigenvalue weighted by atomic mass is 15.2. The summed E-state index contributed by atoms with van der Waals surface area (Å²) in [5, 5.41) is 12.7. The van der Waals surface area contributed by atoms with Crippen LogP contribution in [0.1, 0.15) is 5.56 Å². The first-order chi connectivity index (χ1) is 14.8. The lowest BCUT2D eigenvalue weighted by Gasteiger charge is -2.10. The fourth-order valence-electron chi connectivity index (χ4n) is 4.24. The van der Waals surface area contributed by atoms with E-state index in [4.69, 9.17) is 0 Å². The number of fused-ring (bicyclic) bond motifs is 6. The maximum Gasteiger partial charge on any atom is 0.169 e. The number of nitrogens with zero attached hydrogens (tertiary/aromatic N) is 3. The highest BCUT2D eigenvalue weighted by molar-refractivity contribution is 6.12. The van der Waals surface area contributed by atoms with Crippen molar-refractivity contribution in [3.63, 3.8) is 0 Å². The Labute approximate surface area is 174 Å². The standard InChI is InChI=1S/C27H19N3/c1-18-10-12-19(13-11-18)20-14-16-21(17-15-20)26-28-29-27-24-8-3-2-6-22(24)23-7-4-5-9-25(23)30(26)27/h2-17H,1H3. The molecule has 0 bridgehead atoms. The minimum absolute atomic E-state index is 0.863. The van der Waals surface area contributed by atoms with Crippen molar-refractivity contribution in [2.75, 3.05) is 0 Å². The van der Waals surface area contributed by atoms with Gasteiger partial charge in [0.25, 0.3) is 0 Å². The molecule has 2 aromatic heterocycles. The predicted molar refractivity (Wildman–Crippen MR) is 124 cm³/mol. The number of hydrogen-bond acceptors (Lipinski definition) is 2. The Bertz CT molecular complexity index is 1520. The third-order valence-corrected chi connectivity index (χ3v) is 5.79. The molecule has 3 heteroatoms. The largest absolute Gasteiger partial charge is 0.274 e. The number of benzene rings is 4. The molecule has 6 aromatic rings. The van der Waals surface area contributed by atoms with E-state index < -0.39 is 0 Å². The van der Waals surface area contributed by atoms with E-state index in [1.54, 1.807) is 0 Å². The summed E-state index contributed by atoms with van der Waals surface area (Å²) in [5.74, 6) is 0.863. The summed E-state index contributed by atoms with van der Waals surface area (Å²) in [6, 6.07) is 34.1. The van der Waals surface area contributed by atoms with Gasteiger partial charge in [0.05, 0.1) is 5.52 Å². The van der Waals surface area contributed by atoms with E-state index in [0.29, 0.717) is 0 Å². The van der Waals surface area contributed by atoms with E-state index in [2.05, 4.69) is 119 Å². The summed E-state index contributed by atoms with van der Waals surface area (Å²) in [6.07, 6.45) is 0. The zero-order chi connectivity index (χ0) is 20.1. The smallest absolute Gasteiger partial charge is 0.169 e. The lowest BCUT2D eigenvalue weighted by Crippen LogP contribution is -1.94. The average molecular weight is 385 g/mol. The van der Waals surface area contributed by atoms with E-state index >= 15 is 0 Å². The average Bonchev–Trinajstić information content (AvgIpc) is 3.26. The van der Waals surface area contributed by atoms with Crippen LogP contribution in [0.5, 0.6) is 0 Å². The van der Waals surface area contributed by atoms with Gasteiger partial charge in [-0.1, -0.05) is 96.6 Å². The van der Waals surface area contributed by atoms with Crippen molar-refractivity contribution in [3.05, 3.63) is 103 Å². The molecule has 142 valence electrons. The molecule has 0 atom stereocenters. The summed E-state index contributed by atoms with van der Waals surface area (Å²) >= 11 is 0. The molecule has 0 saturated carbocycles. The van der Waals surface area contributed by atoms with Gasteiger partial charge in [-0.3, -0.25) is 4.40 Å². The van der Waals surface area contributed by atoms with Crippen LogP contribution >= 0.6 is 0 Å². The van der Waals surface area contributed by atoms with Crippen LogP contribution in [0, 0.1) is 6.92 Å². The first-order valence-corrected chi connectivity index (χ1v) is 10.1. The van der Waals surface area contributed by atoms with Gasteiger partial charge in [-0.25, -0.2) is 0 Å². The minimum atomic E-state index is 0.863. The van der Waals surface area contributed by atoms with Crippen molar-refractivity contribution in [1.29, 1.82) is 0 Å². The second kappa shape index (κ2) is 6.53. The number of hydrogen-bond donors (Lipinski definition) is 0. The van der Waals surface area contributed by atoms with Crippen molar-refractivity contribution in [1.82, 2.24) is 14.6 Å². The SMILES string of the molecule is Cc1ccc(-c2ccc(-c3nnc4c5ccccc5c5ccccc5n34)cc2)cc1. The molecule has 0 amide bonds. The van der Waals surface area contributed by atoms with Crippen molar-refractivity contribution in [3.8, 4) is 22.5 Å². The first-order valence-electron chi connectivity index (χ1n) is 10.1. The Morgan fingerprint density at radius 2 is 1.10 bits per heavy atom. The Hall–Kier alpha value is -3.98. The molecule has 0 aliphatic carbocycles. The fraction of sp³-hybridized carbons (Fsp3) is 0.0370. The molecule has 0 aliphatic rings. The zero-order valence-corrected chi connectivity index (χ0v) is 16.6. The van der Waals surface area contributed by atoms with E-state index in [9.17, 15) is 0 Å². The second-order valence-corrected chi connectivity index (χ2v) is 7.69. The summed E-state index contributed by atoms with van der Waals surface area (Å²) in [5.41, 5.74) is 6.75. The van der Waals surface area contributed by atoms with Crippen LogP contribution in [0.15, 0.2) is 97.1 Å². The third-order valence-electron chi connectivity index (χ3n) is 5.79. The summed E-state index contributed by atoms with van der Waals surface area (Å²) < 4.78 is 2.18. The van der Waals surface area contributed by atoms with Crippen molar-refractivity contribution in [2.45, 2.75) is 6.92 Å². The molecule has 0 saturated heterocycles. The molecular formula is C27H19N3. The quantitative estimate of drug-likeness (QED) is 0.311. The van der Waals surface area contributed by atoms with Gasteiger partial charge in [0.2, 0.25) is 0 Å². The molecule has 0 aliphatic heterocycles. The van der Waals surface area contributed by atoms with Gasteiger partial charge >= 0.3 is 0 Å². The Morgan fingerprint density at radius 3 is 1.83 bits per heavy atom.